The molecule has 1 atom stereocenters. The van der Waals surface area contributed by atoms with Crippen LogP contribution >= 0.6 is 11.3 Å². The highest BCUT2D eigenvalue weighted by Crippen LogP contribution is 2.17. The van der Waals surface area contributed by atoms with E-state index in [1.54, 1.807) is 11.3 Å². The average Bonchev–Trinajstić information content (AvgIpc) is 2.77. The lowest BCUT2D eigenvalue weighted by Gasteiger charge is -2.22. The second-order valence-corrected chi connectivity index (χ2v) is 5.91. The smallest absolute Gasteiger partial charge is 0.308 e. The molecular formula is C13H19NO3S. The minimum absolute atomic E-state index is 0.126. The maximum absolute atomic E-state index is 10.6. The maximum atomic E-state index is 10.6. The highest BCUT2D eigenvalue weighted by molar-refractivity contribution is 7.12. The summed E-state index contributed by atoms with van der Waals surface area (Å²) in [6.45, 7) is 3.56. The van der Waals surface area contributed by atoms with Crippen molar-refractivity contribution in [3.8, 4) is 0 Å². The van der Waals surface area contributed by atoms with Gasteiger partial charge in [-0.15, -0.1) is 11.3 Å². The summed E-state index contributed by atoms with van der Waals surface area (Å²) < 4.78 is 5.43. The molecule has 0 spiro atoms. The molecule has 2 rings (SSSR count). The van der Waals surface area contributed by atoms with Crippen molar-refractivity contribution in [2.45, 2.75) is 25.8 Å². The second-order valence-electron chi connectivity index (χ2n) is 4.65. The van der Waals surface area contributed by atoms with Gasteiger partial charge in [-0.05, 0) is 30.9 Å². The number of ether oxygens (including phenoxy) is 1. The Labute approximate surface area is 111 Å². The van der Waals surface area contributed by atoms with Crippen LogP contribution in [0.5, 0.6) is 0 Å². The number of nitrogens with one attached hydrogen (secondary N) is 1. The third-order valence-corrected chi connectivity index (χ3v) is 4.11. The molecule has 0 radical (unpaired) electrons. The number of hydrogen-bond acceptors (Lipinski definition) is 4. The van der Waals surface area contributed by atoms with Crippen molar-refractivity contribution >= 4 is 17.3 Å². The van der Waals surface area contributed by atoms with Gasteiger partial charge >= 0.3 is 5.97 Å². The van der Waals surface area contributed by atoms with Gasteiger partial charge in [0.05, 0.1) is 13.0 Å². The first-order chi connectivity index (χ1) is 8.74. The molecule has 0 amide bonds. The van der Waals surface area contributed by atoms with Gasteiger partial charge in [-0.25, -0.2) is 0 Å². The van der Waals surface area contributed by atoms with Crippen LogP contribution in [-0.2, 0) is 22.5 Å². The van der Waals surface area contributed by atoms with Crippen molar-refractivity contribution in [1.82, 2.24) is 5.32 Å². The number of aliphatic carboxylic acids is 1. The van der Waals surface area contributed by atoms with Crippen molar-refractivity contribution in [2.24, 2.45) is 5.92 Å². The lowest BCUT2D eigenvalue weighted by atomic mass is 10.0. The molecule has 0 saturated carbocycles. The first kappa shape index (κ1) is 13.5. The molecule has 5 heteroatoms. The van der Waals surface area contributed by atoms with Crippen LogP contribution in [0, 0.1) is 5.92 Å². The molecule has 0 bridgehead atoms. The Kier molecular flexibility index (Phi) is 5.16. The third kappa shape index (κ3) is 4.40. The van der Waals surface area contributed by atoms with Gasteiger partial charge in [-0.3, -0.25) is 4.79 Å². The molecule has 1 saturated heterocycles. The Hall–Kier alpha value is -0.910. The highest BCUT2D eigenvalue weighted by Gasteiger charge is 2.13. The fourth-order valence-electron chi connectivity index (χ4n) is 2.13. The van der Waals surface area contributed by atoms with Gasteiger partial charge in [0.25, 0.3) is 0 Å². The first-order valence-corrected chi connectivity index (χ1v) is 7.13. The SMILES string of the molecule is O=C(O)Cc1ccc(CNCC2CCCOC2)s1. The summed E-state index contributed by atoms with van der Waals surface area (Å²) in [5.41, 5.74) is 0. The van der Waals surface area contributed by atoms with Gasteiger partial charge in [-0.1, -0.05) is 0 Å². The monoisotopic (exact) mass is 269 g/mol. The summed E-state index contributed by atoms with van der Waals surface area (Å²) in [5.74, 6) is -0.145. The standard InChI is InChI=1S/C13H19NO3S/c15-13(16)6-11-3-4-12(18-11)8-14-7-10-2-1-5-17-9-10/h3-4,10,14H,1-2,5-9H2,(H,15,16). The summed E-state index contributed by atoms with van der Waals surface area (Å²) >= 11 is 1.57. The quantitative estimate of drug-likeness (QED) is 0.828. The van der Waals surface area contributed by atoms with Crippen LogP contribution in [0.25, 0.3) is 0 Å². The zero-order valence-corrected chi connectivity index (χ0v) is 11.2. The maximum Gasteiger partial charge on any atom is 0.308 e. The Balaban J connectivity index is 1.69. The first-order valence-electron chi connectivity index (χ1n) is 6.32. The number of carboxylic acid groups (broad SMARTS) is 1. The summed E-state index contributed by atoms with van der Waals surface area (Å²) in [6.07, 6.45) is 2.52. The van der Waals surface area contributed by atoms with E-state index in [1.165, 1.54) is 11.3 Å². The van der Waals surface area contributed by atoms with Crippen LogP contribution in [0.2, 0.25) is 0 Å². The van der Waals surface area contributed by atoms with Gasteiger partial charge < -0.3 is 15.2 Å². The van der Waals surface area contributed by atoms with E-state index in [4.69, 9.17) is 9.84 Å². The van der Waals surface area contributed by atoms with E-state index >= 15 is 0 Å². The van der Waals surface area contributed by atoms with E-state index in [0.29, 0.717) is 5.92 Å². The average molecular weight is 269 g/mol. The van der Waals surface area contributed by atoms with Crippen LogP contribution in [0.15, 0.2) is 12.1 Å². The Morgan fingerprint density at radius 2 is 2.33 bits per heavy atom. The zero-order chi connectivity index (χ0) is 12.8. The molecule has 0 aromatic carbocycles. The molecule has 1 aromatic heterocycles. The minimum Gasteiger partial charge on any atom is -0.481 e. The Morgan fingerprint density at radius 1 is 1.50 bits per heavy atom. The molecule has 0 aliphatic carbocycles. The van der Waals surface area contributed by atoms with Crippen molar-refractivity contribution < 1.29 is 14.6 Å². The minimum atomic E-state index is -0.768. The molecule has 4 nitrogen and oxygen atoms in total. The van der Waals surface area contributed by atoms with Gasteiger partial charge in [0, 0.05) is 29.5 Å². The third-order valence-electron chi connectivity index (χ3n) is 3.03. The molecule has 1 unspecified atom stereocenters. The number of carboxylic acids is 1. The summed E-state index contributed by atoms with van der Waals surface area (Å²) in [7, 11) is 0. The van der Waals surface area contributed by atoms with E-state index < -0.39 is 5.97 Å². The molecule has 2 N–H and O–H groups in total. The van der Waals surface area contributed by atoms with Crippen LogP contribution in [0.4, 0.5) is 0 Å². The van der Waals surface area contributed by atoms with Crippen LogP contribution < -0.4 is 5.32 Å². The summed E-state index contributed by atoms with van der Waals surface area (Å²) in [4.78, 5) is 12.7. The fraction of sp³-hybridized carbons (Fsp3) is 0.615. The Bertz CT molecular complexity index is 385. The van der Waals surface area contributed by atoms with Gasteiger partial charge in [0.1, 0.15) is 0 Å². The molecule has 1 aliphatic heterocycles. The van der Waals surface area contributed by atoms with E-state index in [1.807, 2.05) is 12.1 Å². The second kappa shape index (κ2) is 6.87. The van der Waals surface area contributed by atoms with Crippen molar-refractivity contribution in [2.75, 3.05) is 19.8 Å². The predicted molar refractivity (Wildman–Crippen MR) is 70.9 cm³/mol. The highest BCUT2D eigenvalue weighted by atomic mass is 32.1. The van der Waals surface area contributed by atoms with Gasteiger partial charge in [0.15, 0.2) is 0 Å². The summed E-state index contributed by atoms with van der Waals surface area (Å²) in [5, 5.41) is 12.1. The fourth-order valence-corrected chi connectivity index (χ4v) is 3.11. The largest absolute Gasteiger partial charge is 0.481 e. The number of thiophene rings is 1. The van der Waals surface area contributed by atoms with E-state index in [-0.39, 0.29) is 6.42 Å². The normalized spacial score (nSPS) is 19.9. The Morgan fingerprint density at radius 3 is 3.06 bits per heavy atom. The zero-order valence-electron chi connectivity index (χ0n) is 10.4. The number of carbonyl (C=O) groups is 1. The van der Waals surface area contributed by atoms with E-state index in [9.17, 15) is 4.79 Å². The molecule has 1 aliphatic rings. The van der Waals surface area contributed by atoms with Crippen molar-refractivity contribution in [1.29, 1.82) is 0 Å². The summed E-state index contributed by atoms with van der Waals surface area (Å²) in [6, 6.07) is 3.91. The predicted octanol–water partition coefficient (Wildman–Crippen LogP) is 1.89. The van der Waals surface area contributed by atoms with Crippen LogP contribution in [0.3, 0.4) is 0 Å². The molecule has 100 valence electrons. The number of hydrogen-bond donors (Lipinski definition) is 2. The molecule has 18 heavy (non-hydrogen) atoms. The van der Waals surface area contributed by atoms with Crippen LogP contribution in [-0.4, -0.2) is 30.8 Å². The topological polar surface area (TPSA) is 58.6 Å². The van der Waals surface area contributed by atoms with Crippen molar-refractivity contribution in [3.63, 3.8) is 0 Å². The molecular weight excluding hydrogens is 250 g/mol. The van der Waals surface area contributed by atoms with E-state index in [0.717, 1.165) is 37.6 Å². The molecule has 2 heterocycles. The lowest BCUT2D eigenvalue weighted by Crippen LogP contribution is -2.28. The van der Waals surface area contributed by atoms with Gasteiger partial charge in [0.2, 0.25) is 0 Å². The van der Waals surface area contributed by atoms with E-state index in [2.05, 4.69) is 5.32 Å². The lowest BCUT2D eigenvalue weighted by molar-refractivity contribution is -0.136. The van der Waals surface area contributed by atoms with Crippen LogP contribution in [0.1, 0.15) is 22.6 Å². The molecule has 1 fully saturated rings. The van der Waals surface area contributed by atoms with Gasteiger partial charge in [-0.2, -0.15) is 0 Å². The number of rotatable bonds is 6. The van der Waals surface area contributed by atoms with Crippen molar-refractivity contribution in [3.05, 3.63) is 21.9 Å². The molecule has 1 aromatic rings.